The average Bonchev–Trinajstić information content (AvgIpc) is 2.05. The van der Waals surface area contributed by atoms with Crippen molar-refractivity contribution in [3.05, 3.63) is 0 Å². The van der Waals surface area contributed by atoms with E-state index in [9.17, 15) is 4.79 Å². The summed E-state index contributed by atoms with van der Waals surface area (Å²) >= 11 is 0. The monoisotopic (exact) mass is 192 g/mol. The summed E-state index contributed by atoms with van der Waals surface area (Å²) in [6.07, 6.45) is 0. The molecule has 3 N–H and O–H groups in total. The van der Waals surface area contributed by atoms with Crippen molar-refractivity contribution in [1.29, 1.82) is 0 Å². The van der Waals surface area contributed by atoms with E-state index in [1.165, 1.54) is 0 Å². The Morgan fingerprint density at radius 3 is 1.46 bits per heavy atom. The molecule has 0 rings (SSSR count). The summed E-state index contributed by atoms with van der Waals surface area (Å²) in [5.74, 6) is -0.972. The molecule has 0 radical (unpaired) electrons. The third-order valence-corrected chi connectivity index (χ3v) is 1.35. The maximum Gasteiger partial charge on any atom is 0.305 e. The summed E-state index contributed by atoms with van der Waals surface area (Å²) in [7, 11) is 0. The number of aliphatic carboxylic acids is 1. The van der Waals surface area contributed by atoms with E-state index in [1.807, 2.05) is 0 Å². The van der Waals surface area contributed by atoms with Gasteiger partial charge in [0.25, 0.3) is 0 Å². The van der Waals surface area contributed by atoms with Crippen molar-refractivity contribution in [1.82, 2.24) is 0 Å². The van der Waals surface area contributed by atoms with Crippen LogP contribution >= 0.6 is 0 Å². The van der Waals surface area contributed by atoms with Crippen molar-refractivity contribution in [3.63, 3.8) is 0 Å². The first-order valence-corrected chi connectivity index (χ1v) is 4.21. The minimum absolute atomic E-state index is 0.0451. The van der Waals surface area contributed by atoms with Gasteiger partial charge >= 0.3 is 5.97 Å². The number of carboxylic acid groups (broad SMARTS) is 1. The lowest BCUT2D eigenvalue weighted by atomic mass is 9.97. The van der Waals surface area contributed by atoms with Gasteiger partial charge in [0, 0.05) is 5.41 Å². The van der Waals surface area contributed by atoms with Gasteiger partial charge in [0.15, 0.2) is 0 Å². The molecule has 0 spiro atoms. The summed E-state index contributed by atoms with van der Waals surface area (Å²) in [6.45, 7) is 6.97. The molecule has 4 heteroatoms. The molecule has 0 aromatic rings. The second-order valence-corrected chi connectivity index (χ2v) is 3.97. The maximum absolute atomic E-state index is 9.70. The predicted octanol–water partition coefficient (Wildman–Crippen LogP) is 0.724. The highest BCUT2D eigenvalue weighted by molar-refractivity contribution is 5.68. The van der Waals surface area contributed by atoms with E-state index in [1.54, 1.807) is 27.7 Å². The lowest BCUT2D eigenvalue weighted by molar-refractivity contribution is -0.140. The van der Waals surface area contributed by atoms with Gasteiger partial charge in [-0.25, -0.2) is 0 Å². The molecular weight excluding hydrogens is 172 g/mol. The standard InChI is InChI=1S/C5H12O2.C4H8O2/c1-5(2,3-6)4-7;1-3(2)4(5)6/h6-7H,3-4H2,1-2H3;3H,1-2H3,(H,5,6). The van der Waals surface area contributed by atoms with Gasteiger partial charge in [-0.15, -0.1) is 0 Å². The minimum atomic E-state index is -0.741. The van der Waals surface area contributed by atoms with Crippen LogP contribution in [0.5, 0.6) is 0 Å². The number of aliphatic hydroxyl groups excluding tert-OH is 2. The number of rotatable bonds is 3. The molecule has 80 valence electrons. The molecular formula is C9H20O4. The van der Waals surface area contributed by atoms with Gasteiger partial charge in [-0.1, -0.05) is 27.7 Å². The van der Waals surface area contributed by atoms with E-state index in [2.05, 4.69) is 0 Å². The molecule has 0 saturated carbocycles. The number of aliphatic hydroxyl groups is 2. The summed E-state index contributed by atoms with van der Waals surface area (Å²) in [5.41, 5.74) is -0.306. The van der Waals surface area contributed by atoms with E-state index in [0.717, 1.165) is 0 Å². The molecule has 0 aromatic carbocycles. The molecule has 13 heavy (non-hydrogen) atoms. The van der Waals surface area contributed by atoms with Crippen LogP contribution in [-0.2, 0) is 4.79 Å². The smallest absolute Gasteiger partial charge is 0.305 e. The zero-order chi connectivity index (χ0) is 11.1. The number of carbonyl (C=O) groups is 1. The normalized spacial score (nSPS) is 10.7. The Hall–Kier alpha value is -0.610. The zero-order valence-electron chi connectivity index (χ0n) is 8.74. The first-order chi connectivity index (χ1) is 5.76. The molecule has 0 aliphatic carbocycles. The van der Waals surface area contributed by atoms with Crippen LogP contribution < -0.4 is 0 Å². The van der Waals surface area contributed by atoms with Crippen LogP contribution in [0.2, 0.25) is 0 Å². The zero-order valence-corrected chi connectivity index (χ0v) is 8.74. The quantitative estimate of drug-likeness (QED) is 0.616. The third-order valence-electron chi connectivity index (χ3n) is 1.35. The van der Waals surface area contributed by atoms with Crippen molar-refractivity contribution < 1.29 is 20.1 Å². The summed E-state index contributed by atoms with van der Waals surface area (Å²) in [4.78, 5) is 9.70. The van der Waals surface area contributed by atoms with Gasteiger partial charge in [-0.05, 0) is 0 Å². The van der Waals surface area contributed by atoms with Crippen LogP contribution in [0.3, 0.4) is 0 Å². The molecule has 0 amide bonds. The van der Waals surface area contributed by atoms with Crippen LogP contribution in [-0.4, -0.2) is 34.5 Å². The largest absolute Gasteiger partial charge is 0.481 e. The first-order valence-electron chi connectivity index (χ1n) is 4.21. The van der Waals surface area contributed by atoms with Crippen LogP contribution in [0.25, 0.3) is 0 Å². The highest BCUT2D eigenvalue weighted by Gasteiger charge is 2.13. The number of hydrogen-bond donors (Lipinski definition) is 3. The summed E-state index contributed by atoms with van der Waals surface area (Å²) < 4.78 is 0. The van der Waals surface area contributed by atoms with Gasteiger partial charge in [0.2, 0.25) is 0 Å². The molecule has 0 unspecified atom stereocenters. The predicted molar refractivity (Wildman–Crippen MR) is 50.4 cm³/mol. The molecule has 0 fully saturated rings. The molecule has 4 nitrogen and oxygen atoms in total. The second-order valence-electron chi connectivity index (χ2n) is 3.97. The number of carboxylic acids is 1. The highest BCUT2D eigenvalue weighted by atomic mass is 16.4. The van der Waals surface area contributed by atoms with Crippen molar-refractivity contribution in [2.45, 2.75) is 27.7 Å². The van der Waals surface area contributed by atoms with Crippen LogP contribution in [0, 0.1) is 11.3 Å². The van der Waals surface area contributed by atoms with Crippen LogP contribution in [0.4, 0.5) is 0 Å². The SMILES string of the molecule is CC(C)(CO)CO.CC(C)C(=O)O. The fourth-order valence-corrected chi connectivity index (χ4v) is 0.0500. The van der Waals surface area contributed by atoms with Crippen molar-refractivity contribution in [2.24, 2.45) is 11.3 Å². The molecule has 0 bridgehead atoms. The average molecular weight is 192 g/mol. The summed E-state index contributed by atoms with van der Waals surface area (Å²) in [6, 6.07) is 0. The van der Waals surface area contributed by atoms with Gasteiger partial charge < -0.3 is 15.3 Å². The van der Waals surface area contributed by atoms with Crippen molar-refractivity contribution in [2.75, 3.05) is 13.2 Å². The fourth-order valence-electron chi connectivity index (χ4n) is 0.0500. The summed E-state index contributed by atoms with van der Waals surface area (Å²) in [5, 5.41) is 24.9. The van der Waals surface area contributed by atoms with E-state index in [4.69, 9.17) is 15.3 Å². The van der Waals surface area contributed by atoms with Gasteiger partial charge in [-0.3, -0.25) is 4.79 Å². The van der Waals surface area contributed by atoms with Crippen LogP contribution in [0.15, 0.2) is 0 Å². The number of hydrogen-bond acceptors (Lipinski definition) is 3. The third kappa shape index (κ3) is 11.4. The van der Waals surface area contributed by atoms with E-state index >= 15 is 0 Å². The minimum Gasteiger partial charge on any atom is -0.481 e. The van der Waals surface area contributed by atoms with Crippen LogP contribution in [0.1, 0.15) is 27.7 Å². The van der Waals surface area contributed by atoms with Gasteiger partial charge in [0.05, 0.1) is 19.1 Å². The van der Waals surface area contributed by atoms with Crippen molar-refractivity contribution >= 4 is 5.97 Å². The topological polar surface area (TPSA) is 77.8 Å². The molecule has 0 aliphatic rings. The van der Waals surface area contributed by atoms with E-state index < -0.39 is 5.97 Å². The molecule has 0 aromatic heterocycles. The Morgan fingerprint density at radius 1 is 1.23 bits per heavy atom. The fraction of sp³-hybridized carbons (Fsp3) is 0.889. The molecule has 0 heterocycles. The Kier molecular flexibility index (Phi) is 7.85. The van der Waals surface area contributed by atoms with Gasteiger partial charge in [-0.2, -0.15) is 0 Å². The van der Waals surface area contributed by atoms with Gasteiger partial charge in [0.1, 0.15) is 0 Å². The van der Waals surface area contributed by atoms with Crippen molar-refractivity contribution in [3.8, 4) is 0 Å². The second kappa shape index (κ2) is 6.86. The molecule has 0 saturated heterocycles. The Labute approximate surface area is 79.2 Å². The Balaban J connectivity index is 0. The Bertz CT molecular complexity index is 135. The maximum atomic E-state index is 9.70. The lowest BCUT2D eigenvalue weighted by Crippen LogP contribution is -2.20. The van der Waals surface area contributed by atoms with E-state index in [-0.39, 0.29) is 24.5 Å². The lowest BCUT2D eigenvalue weighted by Gasteiger charge is -2.16. The molecule has 0 atom stereocenters. The van der Waals surface area contributed by atoms with E-state index in [0.29, 0.717) is 0 Å². The Morgan fingerprint density at radius 2 is 1.46 bits per heavy atom. The highest BCUT2D eigenvalue weighted by Crippen LogP contribution is 2.10. The molecule has 0 aliphatic heterocycles. The first kappa shape index (κ1) is 14.9.